The third-order valence-corrected chi connectivity index (χ3v) is 3.33. The number of carbonyl (C=O) groups excluding carboxylic acids is 1. The Balaban J connectivity index is 2.20. The Morgan fingerprint density at radius 2 is 1.81 bits per heavy atom. The van der Waals surface area contributed by atoms with Crippen molar-refractivity contribution in [2.45, 2.75) is 13.3 Å². The molecule has 21 heavy (non-hydrogen) atoms. The minimum Gasteiger partial charge on any atom is -0.397 e. The zero-order valence-corrected chi connectivity index (χ0v) is 12.1. The van der Waals surface area contributed by atoms with Crippen molar-refractivity contribution in [3.05, 3.63) is 59.7 Å². The van der Waals surface area contributed by atoms with Gasteiger partial charge < -0.3 is 15.7 Å². The molecule has 0 spiro atoms. The summed E-state index contributed by atoms with van der Waals surface area (Å²) < 4.78 is 0. The van der Waals surface area contributed by atoms with Gasteiger partial charge in [0.25, 0.3) is 0 Å². The number of nitrogens with two attached hydrogens (primary N) is 1. The highest BCUT2D eigenvalue weighted by Crippen LogP contribution is 2.23. The predicted octanol–water partition coefficient (Wildman–Crippen LogP) is 2.15. The molecular weight excluding hydrogens is 264 g/mol. The number of nitrogens with zero attached hydrogens (tertiary/aromatic N) is 1. The van der Waals surface area contributed by atoms with Crippen molar-refractivity contribution in [2.24, 2.45) is 0 Å². The summed E-state index contributed by atoms with van der Waals surface area (Å²) in [6.07, 6.45) is 0.286. The van der Waals surface area contributed by atoms with Gasteiger partial charge in [-0.1, -0.05) is 42.0 Å². The Kier molecular flexibility index (Phi) is 4.95. The van der Waals surface area contributed by atoms with Crippen LogP contribution in [0.4, 0.5) is 11.4 Å². The number of hydrogen-bond acceptors (Lipinski definition) is 3. The van der Waals surface area contributed by atoms with E-state index in [4.69, 9.17) is 5.73 Å². The van der Waals surface area contributed by atoms with E-state index in [-0.39, 0.29) is 25.5 Å². The molecule has 2 rings (SSSR count). The van der Waals surface area contributed by atoms with Gasteiger partial charge in [-0.15, -0.1) is 0 Å². The highest BCUT2D eigenvalue weighted by molar-refractivity contribution is 5.97. The number of carbonyl (C=O) groups is 1. The molecule has 0 bridgehead atoms. The second kappa shape index (κ2) is 6.90. The van der Waals surface area contributed by atoms with E-state index < -0.39 is 0 Å². The fourth-order valence-electron chi connectivity index (χ4n) is 2.19. The summed E-state index contributed by atoms with van der Waals surface area (Å²) in [6, 6.07) is 15.0. The molecule has 4 nitrogen and oxygen atoms in total. The second-order valence-electron chi connectivity index (χ2n) is 4.99. The lowest BCUT2D eigenvalue weighted by Gasteiger charge is -2.23. The van der Waals surface area contributed by atoms with Gasteiger partial charge in [0.05, 0.1) is 24.4 Å². The van der Waals surface area contributed by atoms with E-state index in [1.807, 2.05) is 43.3 Å². The third kappa shape index (κ3) is 3.83. The molecule has 2 aromatic rings. The molecule has 4 heteroatoms. The van der Waals surface area contributed by atoms with Crippen LogP contribution in [0.25, 0.3) is 0 Å². The summed E-state index contributed by atoms with van der Waals surface area (Å²) in [6.45, 7) is 2.14. The smallest absolute Gasteiger partial charge is 0.231 e. The average molecular weight is 284 g/mol. The molecule has 110 valence electrons. The van der Waals surface area contributed by atoms with Crippen molar-refractivity contribution >= 4 is 17.3 Å². The molecule has 0 aromatic heterocycles. The summed E-state index contributed by atoms with van der Waals surface area (Å²) >= 11 is 0. The molecule has 0 aliphatic rings. The van der Waals surface area contributed by atoms with E-state index in [0.717, 1.165) is 11.1 Å². The van der Waals surface area contributed by atoms with Gasteiger partial charge in [-0.2, -0.15) is 0 Å². The van der Waals surface area contributed by atoms with Gasteiger partial charge in [-0.3, -0.25) is 4.79 Å². The van der Waals surface area contributed by atoms with Crippen LogP contribution >= 0.6 is 0 Å². The zero-order chi connectivity index (χ0) is 15.2. The Hall–Kier alpha value is -2.33. The second-order valence-corrected chi connectivity index (χ2v) is 4.99. The van der Waals surface area contributed by atoms with Crippen LogP contribution in [0.5, 0.6) is 0 Å². The topological polar surface area (TPSA) is 66.6 Å². The molecule has 0 saturated carbocycles. The molecular formula is C17H20N2O2. The maximum absolute atomic E-state index is 12.5. The van der Waals surface area contributed by atoms with Crippen molar-refractivity contribution < 1.29 is 9.90 Å². The standard InChI is InChI=1S/C17H20N2O2/c1-13-6-8-14(9-7-13)12-17(21)19(10-11-20)16-5-3-2-4-15(16)18/h2-9,20H,10-12,18H2,1H3. The molecule has 0 heterocycles. The van der Waals surface area contributed by atoms with Crippen LogP contribution in [-0.2, 0) is 11.2 Å². The van der Waals surface area contributed by atoms with Crippen molar-refractivity contribution in [2.75, 3.05) is 23.8 Å². The lowest BCUT2D eigenvalue weighted by molar-refractivity contribution is -0.118. The van der Waals surface area contributed by atoms with E-state index in [2.05, 4.69) is 0 Å². The van der Waals surface area contributed by atoms with Crippen LogP contribution in [0.15, 0.2) is 48.5 Å². The quantitative estimate of drug-likeness (QED) is 0.827. The lowest BCUT2D eigenvalue weighted by Crippen LogP contribution is -2.35. The summed E-state index contributed by atoms with van der Waals surface area (Å²) in [4.78, 5) is 14.0. The van der Waals surface area contributed by atoms with Gasteiger partial charge >= 0.3 is 0 Å². The Morgan fingerprint density at radius 1 is 1.14 bits per heavy atom. The minimum atomic E-state index is -0.103. The predicted molar refractivity (Wildman–Crippen MR) is 85.2 cm³/mol. The number of aliphatic hydroxyl groups excluding tert-OH is 1. The van der Waals surface area contributed by atoms with Crippen LogP contribution in [0, 0.1) is 6.92 Å². The first kappa shape index (κ1) is 15.1. The fraction of sp³-hybridized carbons (Fsp3) is 0.235. The molecule has 0 aliphatic carbocycles. The maximum atomic E-state index is 12.5. The van der Waals surface area contributed by atoms with Crippen molar-refractivity contribution in [3.63, 3.8) is 0 Å². The molecule has 0 aliphatic heterocycles. The van der Waals surface area contributed by atoms with E-state index in [1.54, 1.807) is 12.1 Å². The summed E-state index contributed by atoms with van der Waals surface area (Å²) in [5.74, 6) is -0.0780. The first-order chi connectivity index (χ1) is 10.1. The monoisotopic (exact) mass is 284 g/mol. The highest BCUT2D eigenvalue weighted by Gasteiger charge is 2.17. The molecule has 0 saturated heterocycles. The molecule has 0 unspecified atom stereocenters. The van der Waals surface area contributed by atoms with Crippen LogP contribution in [0.2, 0.25) is 0 Å². The first-order valence-electron chi connectivity index (χ1n) is 6.93. The number of aliphatic hydroxyl groups is 1. The molecule has 2 aromatic carbocycles. The van der Waals surface area contributed by atoms with E-state index in [9.17, 15) is 9.90 Å². The number of amides is 1. The third-order valence-electron chi connectivity index (χ3n) is 3.33. The largest absolute Gasteiger partial charge is 0.397 e. The molecule has 3 N–H and O–H groups in total. The van der Waals surface area contributed by atoms with Crippen molar-refractivity contribution in [1.82, 2.24) is 0 Å². The Labute approximate surface area is 124 Å². The van der Waals surface area contributed by atoms with Crippen LogP contribution in [0.3, 0.4) is 0 Å². The zero-order valence-electron chi connectivity index (χ0n) is 12.1. The highest BCUT2D eigenvalue weighted by atomic mass is 16.3. The fourth-order valence-corrected chi connectivity index (χ4v) is 2.19. The number of hydrogen-bond donors (Lipinski definition) is 2. The molecule has 0 fully saturated rings. The molecule has 0 radical (unpaired) electrons. The minimum absolute atomic E-state index is 0.0780. The number of para-hydroxylation sites is 2. The van der Waals surface area contributed by atoms with Crippen molar-refractivity contribution in [3.8, 4) is 0 Å². The van der Waals surface area contributed by atoms with Gasteiger partial charge in [0.1, 0.15) is 0 Å². The normalized spacial score (nSPS) is 10.4. The number of anilines is 2. The summed E-state index contributed by atoms with van der Waals surface area (Å²) in [5, 5.41) is 9.21. The lowest BCUT2D eigenvalue weighted by atomic mass is 10.1. The van der Waals surface area contributed by atoms with E-state index in [1.165, 1.54) is 4.90 Å². The van der Waals surface area contributed by atoms with Gasteiger partial charge in [-0.05, 0) is 24.6 Å². The van der Waals surface area contributed by atoms with Gasteiger partial charge in [0, 0.05) is 6.54 Å². The first-order valence-corrected chi connectivity index (χ1v) is 6.93. The van der Waals surface area contributed by atoms with Gasteiger partial charge in [0.2, 0.25) is 5.91 Å². The SMILES string of the molecule is Cc1ccc(CC(=O)N(CCO)c2ccccc2N)cc1. The number of aryl methyl sites for hydroxylation is 1. The molecule has 0 atom stereocenters. The number of nitrogen functional groups attached to an aromatic ring is 1. The van der Waals surface area contributed by atoms with Gasteiger partial charge in [-0.25, -0.2) is 0 Å². The number of benzene rings is 2. The maximum Gasteiger partial charge on any atom is 0.231 e. The summed E-state index contributed by atoms with van der Waals surface area (Å²) in [5.41, 5.74) is 9.21. The van der Waals surface area contributed by atoms with Crippen LogP contribution in [-0.4, -0.2) is 24.2 Å². The molecule has 1 amide bonds. The van der Waals surface area contributed by atoms with Crippen LogP contribution in [0.1, 0.15) is 11.1 Å². The Morgan fingerprint density at radius 3 is 2.43 bits per heavy atom. The number of rotatable bonds is 5. The van der Waals surface area contributed by atoms with Gasteiger partial charge in [0.15, 0.2) is 0 Å². The average Bonchev–Trinajstić information content (AvgIpc) is 2.48. The van der Waals surface area contributed by atoms with E-state index >= 15 is 0 Å². The van der Waals surface area contributed by atoms with Crippen molar-refractivity contribution in [1.29, 1.82) is 0 Å². The van der Waals surface area contributed by atoms with E-state index in [0.29, 0.717) is 11.4 Å². The van der Waals surface area contributed by atoms with Crippen LogP contribution < -0.4 is 10.6 Å². The Bertz CT molecular complexity index is 608. The summed E-state index contributed by atoms with van der Waals surface area (Å²) in [7, 11) is 0.